The molecule has 6 atom stereocenters. The van der Waals surface area contributed by atoms with Gasteiger partial charge in [-0.15, -0.1) is 0 Å². The number of carboxylic acid groups (broad SMARTS) is 5. The number of ether oxygens (including phenoxy) is 1. The maximum atomic E-state index is 13.3. The van der Waals surface area contributed by atoms with E-state index in [1.54, 1.807) is 30.3 Å². The fraction of sp³-hybridized carbons (Fsp3) is 0.500. The number of carbonyl (C=O) groups is 11. The van der Waals surface area contributed by atoms with Gasteiger partial charge in [0.05, 0.1) is 30.7 Å². The van der Waals surface area contributed by atoms with Crippen LogP contribution in [-0.2, 0) is 59.1 Å². The van der Waals surface area contributed by atoms with Crippen LogP contribution in [0.25, 0.3) is 0 Å². The Bertz CT molecular complexity index is 1590. The van der Waals surface area contributed by atoms with Crippen LogP contribution in [0.2, 0.25) is 0 Å². The normalized spacial score (nSPS) is 13.9. The smallest absolute Gasteiger partial charge is 0.326 e. The average molecular weight is 813 g/mol. The van der Waals surface area contributed by atoms with Crippen molar-refractivity contribution in [1.82, 2.24) is 21.3 Å². The zero-order valence-corrected chi connectivity index (χ0v) is 30.7. The first kappa shape index (κ1) is 48.0. The van der Waals surface area contributed by atoms with Gasteiger partial charge in [-0.25, -0.2) is 14.4 Å². The summed E-state index contributed by atoms with van der Waals surface area (Å²) in [5.74, 6) is -13.6. The highest BCUT2D eigenvalue weighted by Gasteiger charge is 2.32. The van der Waals surface area contributed by atoms with Crippen molar-refractivity contribution in [3.8, 4) is 0 Å². The molecule has 0 spiro atoms. The van der Waals surface area contributed by atoms with Gasteiger partial charge in [-0.3, -0.25) is 38.4 Å². The van der Waals surface area contributed by atoms with Crippen LogP contribution >= 0.6 is 12.6 Å². The van der Waals surface area contributed by atoms with E-state index in [0.717, 1.165) is 0 Å². The minimum absolute atomic E-state index is 0.0658. The van der Waals surface area contributed by atoms with Gasteiger partial charge in [-0.1, -0.05) is 30.3 Å². The number of rotatable bonds is 29. The number of aliphatic carboxylic acids is 5. The first-order chi connectivity index (χ1) is 26.4. The largest absolute Gasteiger partial charge is 0.481 e. The number of hydrogen-bond donors (Lipinski definition) is 10. The SMILES string of the molecule is O=CO[C@H](CCC(=O)O)NC(=O)N[C@@H](CCC(=O)N[C@@H](CCC(=O)C[C@@H](CC(=O)O)C(=O)N[C@@H](Cc1ccccc1)C(=O)C[C@@H](CS)C(=O)O)C(=O)O)C(=O)O. The van der Waals surface area contributed by atoms with Crippen molar-refractivity contribution in [2.24, 2.45) is 11.8 Å². The van der Waals surface area contributed by atoms with Gasteiger partial charge in [-0.2, -0.15) is 12.6 Å². The Hall–Kier alpha value is -6.06. The lowest BCUT2D eigenvalue weighted by Crippen LogP contribution is -2.50. The zero-order valence-electron chi connectivity index (χ0n) is 29.8. The highest BCUT2D eigenvalue weighted by molar-refractivity contribution is 7.80. The minimum Gasteiger partial charge on any atom is -0.481 e. The quantitative estimate of drug-likeness (QED) is 0.0279. The van der Waals surface area contributed by atoms with E-state index in [9.17, 15) is 73.2 Å². The predicted octanol–water partition coefficient (Wildman–Crippen LogP) is -0.400. The van der Waals surface area contributed by atoms with E-state index in [-0.39, 0.29) is 25.1 Å². The maximum absolute atomic E-state index is 13.3. The second-order valence-electron chi connectivity index (χ2n) is 12.4. The number of nitrogens with one attached hydrogen (secondary N) is 4. The highest BCUT2D eigenvalue weighted by Crippen LogP contribution is 2.17. The van der Waals surface area contributed by atoms with Crippen LogP contribution in [0.1, 0.15) is 63.4 Å². The van der Waals surface area contributed by atoms with Gasteiger partial charge >= 0.3 is 35.9 Å². The topological polar surface area (TPSA) is 346 Å². The lowest BCUT2D eigenvalue weighted by Gasteiger charge is -2.22. The molecule has 0 saturated heterocycles. The number of ketones is 2. The van der Waals surface area contributed by atoms with E-state index >= 15 is 0 Å². The van der Waals surface area contributed by atoms with Gasteiger partial charge in [0.1, 0.15) is 17.9 Å². The summed E-state index contributed by atoms with van der Waals surface area (Å²) in [6.07, 6.45) is -6.75. The van der Waals surface area contributed by atoms with Crippen LogP contribution in [0.4, 0.5) is 4.79 Å². The number of carbonyl (C=O) groups excluding carboxylic acids is 6. The molecule has 0 aliphatic carbocycles. The molecule has 0 unspecified atom stereocenters. The van der Waals surface area contributed by atoms with Gasteiger partial charge in [0, 0.05) is 37.9 Å². The molecule has 0 aliphatic heterocycles. The molecule has 0 fully saturated rings. The van der Waals surface area contributed by atoms with E-state index < -0.39 is 147 Å². The number of benzene rings is 1. The van der Waals surface area contributed by atoms with Gasteiger partial charge in [0.2, 0.25) is 11.8 Å². The molecule has 4 amide bonds. The van der Waals surface area contributed by atoms with Crippen LogP contribution in [0, 0.1) is 11.8 Å². The lowest BCUT2D eigenvalue weighted by molar-refractivity contribution is -0.144. The number of urea groups is 1. The van der Waals surface area contributed by atoms with E-state index in [0.29, 0.717) is 5.56 Å². The molecule has 0 radical (unpaired) electrons. The van der Waals surface area contributed by atoms with Crippen LogP contribution < -0.4 is 21.3 Å². The van der Waals surface area contributed by atoms with Crippen molar-refractivity contribution >= 4 is 78.4 Å². The van der Waals surface area contributed by atoms with Gasteiger partial charge in [0.15, 0.2) is 12.0 Å². The molecule has 1 rings (SSSR count). The molecule has 308 valence electrons. The standard InChI is InChI=1S/C34H44N4O17S/c39-17-55-27(10-11-28(43)44)38-34(54)37-23(33(52)53)8-9-26(42)35-22(32(50)51)7-6-21(40)13-19(15-29(45)46)30(47)36-24(12-18-4-2-1-3-5-18)25(41)14-20(16-56)31(48)49/h1-5,17,19-20,22-24,27,56H,6-16H2,(H,35,42)(H,36,47)(H,43,44)(H,45,46)(H,48,49)(H,50,51)(H,52,53)(H2,37,38,54)/t19-,20-,22-,23-,24-,27+/m0/s1. The Kier molecular flexibility index (Phi) is 21.5. The third kappa shape index (κ3) is 19.3. The Morgan fingerprint density at radius 3 is 1.79 bits per heavy atom. The molecule has 0 aromatic heterocycles. The van der Waals surface area contributed by atoms with Crippen LogP contribution in [0.5, 0.6) is 0 Å². The first-order valence-electron chi connectivity index (χ1n) is 16.9. The van der Waals surface area contributed by atoms with Crippen LogP contribution in [0.15, 0.2) is 30.3 Å². The van der Waals surface area contributed by atoms with Crippen molar-refractivity contribution in [3.05, 3.63) is 35.9 Å². The summed E-state index contributed by atoms with van der Waals surface area (Å²) in [6, 6.07) is 2.41. The number of thiol groups is 1. The van der Waals surface area contributed by atoms with E-state index in [2.05, 4.69) is 33.3 Å². The Morgan fingerprint density at radius 1 is 0.643 bits per heavy atom. The summed E-state index contributed by atoms with van der Waals surface area (Å²) in [4.78, 5) is 132. The first-order valence-corrected chi connectivity index (χ1v) is 17.6. The summed E-state index contributed by atoms with van der Waals surface area (Å²) < 4.78 is 4.54. The third-order valence-electron chi connectivity index (χ3n) is 8.01. The summed E-state index contributed by atoms with van der Waals surface area (Å²) in [5, 5.41) is 55.3. The number of hydrogen-bond acceptors (Lipinski definition) is 13. The third-order valence-corrected chi connectivity index (χ3v) is 8.45. The van der Waals surface area contributed by atoms with Crippen molar-refractivity contribution in [2.75, 3.05) is 5.75 Å². The maximum Gasteiger partial charge on any atom is 0.326 e. The van der Waals surface area contributed by atoms with Gasteiger partial charge < -0.3 is 51.5 Å². The number of Topliss-reactive ketones (excluding diaryl/α,β-unsaturated/α-hetero) is 2. The average Bonchev–Trinajstić information content (AvgIpc) is 3.12. The van der Waals surface area contributed by atoms with Crippen molar-refractivity contribution in [1.29, 1.82) is 0 Å². The summed E-state index contributed by atoms with van der Waals surface area (Å²) in [7, 11) is 0. The molecule has 0 saturated carbocycles. The summed E-state index contributed by atoms with van der Waals surface area (Å²) in [5.41, 5.74) is 0.584. The second-order valence-corrected chi connectivity index (χ2v) is 12.7. The number of carboxylic acids is 5. The molecule has 21 nitrogen and oxygen atoms in total. The Balaban J connectivity index is 2.91. The molecular formula is C34H44N4O17S. The highest BCUT2D eigenvalue weighted by atomic mass is 32.1. The molecule has 0 aliphatic rings. The monoisotopic (exact) mass is 812 g/mol. The second kappa shape index (κ2) is 25.1. The summed E-state index contributed by atoms with van der Waals surface area (Å²) in [6.45, 7) is -0.0658. The van der Waals surface area contributed by atoms with E-state index in [4.69, 9.17) is 5.11 Å². The molecule has 1 aromatic carbocycles. The van der Waals surface area contributed by atoms with E-state index in [1.165, 1.54) is 0 Å². The number of amides is 4. The summed E-state index contributed by atoms with van der Waals surface area (Å²) >= 11 is 3.96. The minimum atomic E-state index is -1.72. The fourth-order valence-electron chi connectivity index (χ4n) is 5.05. The lowest BCUT2D eigenvalue weighted by atomic mass is 9.92. The molecule has 56 heavy (non-hydrogen) atoms. The van der Waals surface area contributed by atoms with Crippen molar-refractivity contribution < 1.29 is 83.0 Å². The van der Waals surface area contributed by atoms with Crippen molar-refractivity contribution in [2.45, 2.75) is 88.6 Å². The molecule has 1 aromatic rings. The molecular weight excluding hydrogens is 768 g/mol. The van der Waals surface area contributed by atoms with Crippen LogP contribution in [0.3, 0.4) is 0 Å². The van der Waals surface area contributed by atoms with Gasteiger partial charge in [-0.05, 0) is 24.8 Å². The van der Waals surface area contributed by atoms with E-state index in [1.807, 2.05) is 5.32 Å². The van der Waals surface area contributed by atoms with Gasteiger partial charge in [0.25, 0.3) is 6.47 Å². The fourth-order valence-corrected chi connectivity index (χ4v) is 5.33. The molecule has 0 heterocycles. The van der Waals surface area contributed by atoms with Crippen molar-refractivity contribution in [3.63, 3.8) is 0 Å². The Morgan fingerprint density at radius 2 is 1.25 bits per heavy atom. The molecule has 0 bridgehead atoms. The molecule has 22 heteroatoms. The molecule has 9 N–H and O–H groups in total. The zero-order chi connectivity index (χ0) is 42.4. The van der Waals surface area contributed by atoms with Crippen LogP contribution in [-0.4, -0.2) is 121 Å². The Labute approximate surface area is 324 Å². The predicted molar refractivity (Wildman–Crippen MR) is 191 cm³/mol.